The minimum Gasteiger partial charge on any atom is -0.466 e. The van der Waals surface area contributed by atoms with Gasteiger partial charge in [-0.15, -0.1) is 0 Å². The molecule has 0 bridgehead atoms. The van der Waals surface area contributed by atoms with E-state index in [-0.39, 0.29) is 15.6 Å². The second kappa shape index (κ2) is 6.38. The van der Waals surface area contributed by atoms with E-state index in [1.54, 1.807) is 6.92 Å². The maximum Gasteiger partial charge on any atom is 0.313 e. The molecule has 94 valence electrons. The number of rotatable bonds is 4. The Morgan fingerprint density at radius 2 is 1.76 bits per heavy atom. The molecule has 1 heterocycles. The molecule has 1 atom stereocenters. The first kappa shape index (κ1) is 14.5. The predicted octanol–water partition coefficient (Wildman–Crippen LogP) is 3.49. The van der Waals surface area contributed by atoms with E-state index in [0.717, 1.165) is 0 Å². The Hall–Kier alpha value is -0.580. The number of ether oxygens (including phenoxy) is 1. The second-order valence-electron chi connectivity index (χ2n) is 3.20. The Labute approximate surface area is 114 Å². The molecule has 7 heteroatoms. The van der Waals surface area contributed by atoms with Crippen LogP contribution in [0.15, 0.2) is 0 Å². The average molecular weight is 298 g/mol. The molecule has 1 aromatic rings. The van der Waals surface area contributed by atoms with Crippen LogP contribution in [-0.2, 0) is 9.53 Å². The lowest BCUT2D eigenvalue weighted by Gasteiger charge is -2.15. The van der Waals surface area contributed by atoms with Gasteiger partial charge in [0.25, 0.3) is 0 Å². The van der Waals surface area contributed by atoms with Crippen molar-refractivity contribution in [3.63, 3.8) is 0 Å². The lowest BCUT2D eigenvalue weighted by Crippen LogP contribution is -2.17. The molecule has 4 nitrogen and oxygen atoms in total. The van der Waals surface area contributed by atoms with Crippen LogP contribution < -0.4 is 0 Å². The molecule has 0 N–H and O–H groups in total. The molecule has 0 spiro atoms. The highest BCUT2D eigenvalue weighted by atomic mass is 35.5. The molecule has 1 aromatic heterocycles. The topological polar surface area (TPSA) is 52.1 Å². The maximum absolute atomic E-state index is 11.7. The zero-order chi connectivity index (χ0) is 13.0. The molecule has 0 saturated carbocycles. The maximum atomic E-state index is 11.7. The summed E-state index contributed by atoms with van der Waals surface area (Å²) < 4.78 is 4.94. The highest BCUT2D eigenvalue weighted by Gasteiger charge is 2.27. The molecule has 0 radical (unpaired) electrons. The summed E-state index contributed by atoms with van der Waals surface area (Å²) >= 11 is 17.5. The Morgan fingerprint density at radius 3 is 2.18 bits per heavy atom. The SMILES string of the molecule is CCOC(=O)C(CC)c1c(Cl)nc(Cl)nc1Cl. The van der Waals surface area contributed by atoms with Crippen LogP contribution in [0.4, 0.5) is 0 Å². The van der Waals surface area contributed by atoms with Gasteiger partial charge in [-0.2, -0.15) is 0 Å². The molecule has 0 fully saturated rings. The van der Waals surface area contributed by atoms with Gasteiger partial charge in [-0.3, -0.25) is 4.79 Å². The molecule has 0 aromatic carbocycles. The third-order valence-electron chi connectivity index (χ3n) is 2.15. The van der Waals surface area contributed by atoms with Crippen LogP contribution in [0.1, 0.15) is 31.7 Å². The molecular formula is C10H11Cl3N2O2. The third kappa shape index (κ3) is 3.44. The summed E-state index contributed by atoms with van der Waals surface area (Å²) in [5.74, 6) is -0.975. The van der Waals surface area contributed by atoms with Crippen molar-refractivity contribution in [1.82, 2.24) is 9.97 Å². The van der Waals surface area contributed by atoms with Crippen LogP contribution in [0.2, 0.25) is 15.6 Å². The number of esters is 1. The number of hydrogen-bond acceptors (Lipinski definition) is 4. The molecule has 0 saturated heterocycles. The summed E-state index contributed by atoms with van der Waals surface area (Å²) in [6.45, 7) is 3.84. The number of halogens is 3. The highest BCUT2D eigenvalue weighted by molar-refractivity contribution is 6.36. The monoisotopic (exact) mass is 296 g/mol. The molecule has 0 aliphatic carbocycles. The number of carbonyl (C=O) groups is 1. The molecule has 17 heavy (non-hydrogen) atoms. The van der Waals surface area contributed by atoms with Crippen molar-refractivity contribution in [3.8, 4) is 0 Å². The van der Waals surface area contributed by atoms with Crippen LogP contribution >= 0.6 is 34.8 Å². The minimum atomic E-state index is -0.577. The number of hydrogen-bond donors (Lipinski definition) is 0. The van der Waals surface area contributed by atoms with E-state index >= 15 is 0 Å². The fraction of sp³-hybridized carbons (Fsp3) is 0.500. The third-order valence-corrected chi connectivity index (χ3v) is 2.90. The fourth-order valence-electron chi connectivity index (χ4n) is 1.41. The Bertz CT molecular complexity index is 403. The molecular weight excluding hydrogens is 286 g/mol. The van der Waals surface area contributed by atoms with Gasteiger partial charge in [-0.25, -0.2) is 9.97 Å². The summed E-state index contributed by atoms with van der Waals surface area (Å²) in [5, 5.41) is 0.104. The van der Waals surface area contributed by atoms with Gasteiger partial charge in [0.15, 0.2) is 0 Å². The largest absolute Gasteiger partial charge is 0.466 e. The standard InChI is InChI=1S/C10H11Cl3N2O2/c1-3-5(9(16)17-4-2)6-7(11)14-10(13)15-8(6)12/h5H,3-4H2,1-2H3. The van der Waals surface area contributed by atoms with Gasteiger partial charge >= 0.3 is 5.97 Å². The van der Waals surface area contributed by atoms with E-state index in [4.69, 9.17) is 39.5 Å². The summed E-state index contributed by atoms with van der Waals surface area (Å²) in [6, 6.07) is 0. The Kier molecular flexibility index (Phi) is 5.43. The quantitative estimate of drug-likeness (QED) is 0.485. The number of nitrogens with zero attached hydrogens (tertiary/aromatic N) is 2. The van der Waals surface area contributed by atoms with E-state index in [9.17, 15) is 4.79 Å². The first-order valence-electron chi connectivity index (χ1n) is 5.06. The molecule has 1 rings (SSSR count). The van der Waals surface area contributed by atoms with Crippen molar-refractivity contribution < 1.29 is 9.53 Å². The van der Waals surface area contributed by atoms with Gasteiger partial charge < -0.3 is 4.74 Å². The first-order valence-corrected chi connectivity index (χ1v) is 6.19. The van der Waals surface area contributed by atoms with Crippen molar-refractivity contribution in [2.75, 3.05) is 6.61 Å². The van der Waals surface area contributed by atoms with E-state index in [1.165, 1.54) is 0 Å². The van der Waals surface area contributed by atoms with Gasteiger partial charge in [0.2, 0.25) is 5.28 Å². The van der Waals surface area contributed by atoms with Crippen molar-refractivity contribution in [3.05, 3.63) is 21.2 Å². The van der Waals surface area contributed by atoms with E-state index < -0.39 is 11.9 Å². The Morgan fingerprint density at radius 1 is 1.24 bits per heavy atom. The zero-order valence-corrected chi connectivity index (χ0v) is 11.6. The van der Waals surface area contributed by atoms with Crippen molar-refractivity contribution in [1.29, 1.82) is 0 Å². The normalized spacial score (nSPS) is 12.3. The van der Waals surface area contributed by atoms with Crippen molar-refractivity contribution in [2.24, 2.45) is 0 Å². The number of aromatic nitrogens is 2. The zero-order valence-electron chi connectivity index (χ0n) is 9.34. The smallest absolute Gasteiger partial charge is 0.313 e. The van der Waals surface area contributed by atoms with Gasteiger partial charge in [0.05, 0.1) is 12.5 Å². The van der Waals surface area contributed by atoms with Crippen LogP contribution in [0.25, 0.3) is 0 Å². The molecule has 0 amide bonds. The van der Waals surface area contributed by atoms with E-state index in [1.807, 2.05) is 6.92 Å². The first-order chi connectivity index (χ1) is 8.01. The second-order valence-corrected chi connectivity index (χ2v) is 4.25. The minimum absolute atomic E-state index is 0.0533. The van der Waals surface area contributed by atoms with Gasteiger partial charge in [0.1, 0.15) is 10.3 Å². The van der Waals surface area contributed by atoms with Crippen molar-refractivity contribution >= 4 is 40.8 Å². The van der Waals surface area contributed by atoms with Crippen LogP contribution in [0, 0.1) is 0 Å². The fourth-order valence-corrected chi connectivity index (χ4v) is 2.32. The van der Waals surface area contributed by atoms with Crippen molar-refractivity contribution in [2.45, 2.75) is 26.2 Å². The molecule has 0 aliphatic heterocycles. The molecule has 0 aliphatic rings. The van der Waals surface area contributed by atoms with Gasteiger partial charge in [0, 0.05) is 5.56 Å². The Balaban J connectivity index is 3.16. The van der Waals surface area contributed by atoms with Gasteiger partial charge in [-0.1, -0.05) is 30.1 Å². The van der Waals surface area contributed by atoms with Crippen LogP contribution in [0.3, 0.4) is 0 Å². The molecule has 1 unspecified atom stereocenters. The van der Waals surface area contributed by atoms with Gasteiger partial charge in [-0.05, 0) is 24.9 Å². The summed E-state index contributed by atoms with van der Waals surface area (Å²) in [6.07, 6.45) is 0.489. The predicted molar refractivity (Wildman–Crippen MR) is 66.7 cm³/mol. The summed E-state index contributed by atoms with van der Waals surface area (Å²) in [7, 11) is 0. The van der Waals surface area contributed by atoms with E-state index in [2.05, 4.69) is 9.97 Å². The number of carbonyl (C=O) groups excluding carboxylic acids is 1. The summed E-state index contributed by atoms with van der Waals surface area (Å²) in [5.41, 5.74) is 0.360. The van der Waals surface area contributed by atoms with Crippen LogP contribution in [0.5, 0.6) is 0 Å². The van der Waals surface area contributed by atoms with Crippen LogP contribution in [-0.4, -0.2) is 22.5 Å². The van der Waals surface area contributed by atoms with E-state index in [0.29, 0.717) is 18.6 Å². The highest BCUT2D eigenvalue weighted by Crippen LogP contribution is 2.32. The lowest BCUT2D eigenvalue weighted by molar-refractivity contribution is -0.145. The lowest BCUT2D eigenvalue weighted by atomic mass is 9.99. The summed E-state index contributed by atoms with van der Waals surface area (Å²) in [4.78, 5) is 19.3. The average Bonchev–Trinajstić information content (AvgIpc) is 2.23.